The molecule has 0 aliphatic carbocycles. The van der Waals surface area contributed by atoms with Crippen LogP contribution in [0.3, 0.4) is 0 Å². The Balaban J connectivity index is 5.17. The number of unbranched alkanes of at least 4 members (excludes halogenated alkanes) is 50. The fourth-order valence-electron chi connectivity index (χ4n) is 12.1. The number of phosphoric acid groups is 2. The number of esters is 4. The van der Waals surface area contributed by atoms with E-state index in [1.807, 2.05) is 0 Å². The van der Waals surface area contributed by atoms with Crippen molar-refractivity contribution in [2.45, 2.75) is 432 Å². The van der Waals surface area contributed by atoms with E-state index >= 15 is 0 Å². The summed E-state index contributed by atoms with van der Waals surface area (Å²) in [6.07, 6.45) is 61.3. The predicted octanol–water partition coefficient (Wildman–Crippen LogP) is 23.3. The number of carbonyl (C=O) groups is 4. The topological polar surface area (TPSA) is 237 Å². The van der Waals surface area contributed by atoms with Crippen molar-refractivity contribution >= 4 is 39.5 Å². The molecule has 0 amide bonds. The van der Waals surface area contributed by atoms with Crippen molar-refractivity contribution in [2.24, 2.45) is 5.92 Å². The molecular weight excluding hydrogens is 1270 g/mol. The molecule has 0 spiro atoms. The molecule has 0 aromatic heterocycles. The van der Waals surface area contributed by atoms with Crippen molar-refractivity contribution in [3.8, 4) is 0 Å². The smallest absolute Gasteiger partial charge is 0.462 e. The monoisotopic (exact) mass is 1420 g/mol. The summed E-state index contributed by atoms with van der Waals surface area (Å²) in [5.74, 6) is -1.42. The van der Waals surface area contributed by atoms with Crippen LogP contribution in [0.1, 0.15) is 413 Å². The Hall–Kier alpha value is -1.94. The van der Waals surface area contributed by atoms with Crippen molar-refractivity contribution in [1.82, 2.24) is 0 Å². The molecule has 0 aromatic carbocycles. The molecule has 5 atom stereocenters. The first kappa shape index (κ1) is 95.1. The number of ether oxygens (including phenoxy) is 4. The quantitative estimate of drug-likeness (QED) is 0.0222. The molecule has 0 bridgehead atoms. The fraction of sp³-hybridized carbons (Fsp3) is 0.949. The molecule has 0 aromatic rings. The normalized spacial score (nSPS) is 13.9. The van der Waals surface area contributed by atoms with E-state index in [2.05, 4.69) is 34.6 Å². The zero-order valence-electron chi connectivity index (χ0n) is 63.2. The van der Waals surface area contributed by atoms with Crippen molar-refractivity contribution < 1.29 is 80.2 Å². The first-order valence-corrected chi connectivity index (χ1v) is 43.6. The molecule has 576 valence electrons. The lowest BCUT2D eigenvalue weighted by Gasteiger charge is -2.21. The van der Waals surface area contributed by atoms with Gasteiger partial charge < -0.3 is 33.8 Å². The minimum atomic E-state index is -4.96. The van der Waals surface area contributed by atoms with Gasteiger partial charge in [-0.05, 0) is 31.6 Å². The maximum absolute atomic E-state index is 13.1. The molecule has 0 saturated carbocycles. The predicted molar refractivity (Wildman–Crippen MR) is 395 cm³/mol. The zero-order chi connectivity index (χ0) is 71.2. The standard InChI is InChI=1S/C78H152O17P2/c1-6-9-12-15-18-21-24-26-28-29-30-31-32-33-34-36-38-40-43-48-53-58-63-77(82)94-73(67-89-76(81)62-57-52-47-42-39-37-35-27-25-22-19-16-13-10-7-2)69-92-96(84,85)90-65-72(79)66-91-97(86,87)93-70-74(95-78(83)64-59-54-49-44-45-50-55-60-71(4)5)68-88-75(80)61-56-51-46-41-23-20-17-14-11-8-3/h71-74,79H,6-70H2,1-5H3,(H,84,85)(H,86,87)/t72-,73-,74-/m1/s1. The molecule has 0 aliphatic rings. The van der Waals surface area contributed by atoms with E-state index < -0.39 is 97.5 Å². The second-order valence-corrected chi connectivity index (χ2v) is 31.5. The van der Waals surface area contributed by atoms with Gasteiger partial charge in [-0.25, -0.2) is 9.13 Å². The average Bonchev–Trinajstić information content (AvgIpc) is 1.21. The zero-order valence-corrected chi connectivity index (χ0v) is 65.0. The summed E-state index contributed by atoms with van der Waals surface area (Å²) < 4.78 is 68.5. The largest absolute Gasteiger partial charge is 0.472 e. The Morgan fingerprint density at radius 1 is 0.278 bits per heavy atom. The summed E-state index contributed by atoms with van der Waals surface area (Å²) in [4.78, 5) is 72.8. The highest BCUT2D eigenvalue weighted by molar-refractivity contribution is 7.47. The van der Waals surface area contributed by atoms with Gasteiger partial charge in [0.2, 0.25) is 0 Å². The molecular formula is C78H152O17P2. The van der Waals surface area contributed by atoms with Gasteiger partial charge in [0.15, 0.2) is 12.2 Å². The molecule has 0 fully saturated rings. The Bertz CT molecular complexity index is 1860. The van der Waals surface area contributed by atoms with E-state index in [0.717, 1.165) is 89.9 Å². The SMILES string of the molecule is CCCCCCCCCCCCCCCCCCCCCCCCC(=O)O[C@H](COC(=O)CCCCCCCCCCCCCCCCC)COP(=O)(O)OC[C@@H](O)COP(=O)(O)OC[C@@H](COC(=O)CCCCCCCCCCCC)OC(=O)CCCCCCCCCC(C)C. The van der Waals surface area contributed by atoms with Crippen molar-refractivity contribution in [3.63, 3.8) is 0 Å². The van der Waals surface area contributed by atoms with Crippen molar-refractivity contribution in [3.05, 3.63) is 0 Å². The third-order valence-electron chi connectivity index (χ3n) is 18.3. The minimum absolute atomic E-state index is 0.104. The van der Waals surface area contributed by atoms with E-state index in [1.54, 1.807) is 0 Å². The van der Waals surface area contributed by atoms with Gasteiger partial charge in [0.25, 0.3) is 0 Å². The van der Waals surface area contributed by atoms with Crippen LogP contribution in [0.15, 0.2) is 0 Å². The van der Waals surface area contributed by atoms with Crippen LogP contribution in [0.25, 0.3) is 0 Å². The van der Waals surface area contributed by atoms with Crippen LogP contribution in [0.5, 0.6) is 0 Å². The van der Waals surface area contributed by atoms with Crippen molar-refractivity contribution in [2.75, 3.05) is 39.6 Å². The fourth-order valence-corrected chi connectivity index (χ4v) is 13.6. The maximum atomic E-state index is 13.1. The number of aliphatic hydroxyl groups is 1. The van der Waals surface area contributed by atoms with Gasteiger partial charge in [-0.2, -0.15) is 0 Å². The van der Waals surface area contributed by atoms with E-state index in [-0.39, 0.29) is 25.7 Å². The van der Waals surface area contributed by atoms with Gasteiger partial charge in [-0.3, -0.25) is 37.3 Å². The Labute approximate surface area is 594 Å². The molecule has 0 radical (unpaired) electrons. The molecule has 17 nitrogen and oxygen atoms in total. The summed E-state index contributed by atoms with van der Waals surface area (Å²) in [6, 6.07) is 0. The van der Waals surface area contributed by atoms with Gasteiger partial charge in [0.05, 0.1) is 26.4 Å². The third kappa shape index (κ3) is 72.2. The van der Waals surface area contributed by atoms with Crippen LogP contribution >= 0.6 is 15.6 Å². The lowest BCUT2D eigenvalue weighted by atomic mass is 10.0. The van der Waals surface area contributed by atoms with E-state index in [1.165, 1.54) is 238 Å². The molecule has 2 unspecified atom stereocenters. The first-order chi connectivity index (χ1) is 47.0. The molecule has 0 saturated heterocycles. The minimum Gasteiger partial charge on any atom is -0.462 e. The van der Waals surface area contributed by atoms with Crippen LogP contribution < -0.4 is 0 Å². The number of aliphatic hydroxyl groups excluding tert-OH is 1. The summed E-state index contributed by atoms with van der Waals surface area (Å²) in [5.41, 5.74) is 0. The number of phosphoric ester groups is 2. The van der Waals surface area contributed by atoms with Crippen LogP contribution in [0.2, 0.25) is 0 Å². The van der Waals surface area contributed by atoms with E-state index in [4.69, 9.17) is 37.0 Å². The lowest BCUT2D eigenvalue weighted by Crippen LogP contribution is -2.30. The van der Waals surface area contributed by atoms with E-state index in [0.29, 0.717) is 31.6 Å². The summed E-state index contributed by atoms with van der Waals surface area (Å²) in [5, 5.41) is 10.6. The average molecular weight is 1420 g/mol. The highest BCUT2D eigenvalue weighted by Gasteiger charge is 2.30. The summed E-state index contributed by atoms with van der Waals surface area (Å²) in [6.45, 7) is 7.23. The van der Waals surface area contributed by atoms with Gasteiger partial charge >= 0.3 is 39.5 Å². The highest BCUT2D eigenvalue weighted by Crippen LogP contribution is 2.45. The highest BCUT2D eigenvalue weighted by atomic mass is 31.2. The Morgan fingerprint density at radius 2 is 0.474 bits per heavy atom. The van der Waals surface area contributed by atoms with Crippen LogP contribution in [0, 0.1) is 5.92 Å². The maximum Gasteiger partial charge on any atom is 0.472 e. The van der Waals surface area contributed by atoms with Gasteiger partial charge in [0.1, 0.15) is 19.3 Å². The first-order valence-electron chi connectivity index (χ1n) is 40.6. The molecule has 97 heavy (non-hydrogen) atoms. The van der Waals surface area contributed by atoms with Gasteiger partial charge in [-0.1, -0.05) is 362 Å². The Kier molecular flexibility index (Phi) is 69.6. The molecule has 0 heterocycles. The lowest BCUT2D eigenvalue weighted by molar-refractivity contribution is -0.161. The summed E-state index contributed by atoms with van der Waals surface area (Å²) in [7, 11) is -9.91. The molecule has 0 aliphatic heterocycles. The number of rotatable bonds is 78. The summed E-state index contributed by atoms with van der Waals surface area (Å²) >= 11 is 0. The molecule has 19 heteroatoms. The molecule has 0 rings (SSSR count). The van der Waals surface area contributed by atoms with Crippen LogP contribution in [-0.4, -0.2) is 96.7 Å². The third-order valence-corrected chi connectivity index (χ3v) is 20.2. The van der Waals surface area contributed by atoms with Crippen molar-refractivity contribution in [1.29, 1.82) is 0 Å². The van der Waals surface area contributed by atoms with E-state index in [9.17, 15) is 43.2 Å². The van der Waals surface area contributed by atoms with Gasteiger partial charge in [-0.15, -0.1) is 0 Å². The number of carbonyl (C=O) groups excluding carboxylic acids is 4. The van der Waals surface area contributed by atoms with Crippen LogP contribution in [-0.2, 0) is 65.4 Å². The number of hydrogen-bond donors (Lipinski definition) is 3. The molecule has 3 N–H and O–H groups in total. The van der Waals surface area contributed by atoms with Crippen LogP contribution in [0.4, 0.5) is 0 Å². The number of hydrogen-bond acceptors (Lipinski definition) is 15. The Morgan fingerprint density at radius 3 is 0.701 bits per heavy atom. The second kappa shape index (κ2) is 71.1. The second-order valence-electron chi connectivity index (χ2n) is 28.6. The van der Waals surface area contributed by atoms with Gasteiger partial charge in [0, 0.05) is 25.7 Å².